The summed E-state index contributed by atoms with van der Waals surface area (Å²) >= 11 is 6.00. The van der Waals surface area contributed by atoms with E-state index < -0.39 is 10.0 Å². The quantitative estimate of drug-likeness (QED) is 0.853. The van der Waals surface area contributed by atoms with Crippen LogP contribution < -0.4 is 10.5 Å². The van der Waals surface area contributed by atoms with E-state index in [4.69, 9.17) is 17.3 Å². The van der Waals surface area contributed by atoms with E-state index >= 15 is 0 Å². The van der Waals surface area contributed by atoms with Crippen LogP contribution >= 0.6 is 11.6 Å². The fourth-order valence-corrected chi connectivity index (χ4v) is 3.30. The molecule has 0 aliphatic rings. The van der Waals surface area contributed by atoms with Crippen molar-refractivity contribution in [2.45, 2.75) is 18.4 Å². The average molecular weight is 311 g/mol. The van der Waals surface area contributed by atoms with Crippen molar-refractivity contribution in [3.8, 4) is 0 Å². The summed E-state index contributed by atoms with van der Waals surface area (Å²) in [6, 6.07) is 11.9. The van der Waals surface area contributed by atoms with Gasteiger partial charge < -0.3 is 5.73 Å². The molecule has 2 rings (SSSR count). The van der Waals surface area contributed by atoms with Crippen LogP contribution in [0.2, 0.25) is 5.02 Å². The van der Waals surface area contributed by atoms with E-state index in [1.54, 1.807) is 43.3 Å². The molecule has 6 heteroatoms. The number of anilines is 1. The van der Waals surface area contributed by atoms with Gasteiger partial charge in [-0.3, -0.25) is 0 Å². The number of rotatable bonds is 4. The zero-order valence-corrected chi connectivity index (χ0v) is 12.5. The molecule has 20 heavy (non-hydrogen) atoms. The zero-order chi connectivity index (χ0) is 14.8. The van der Waals surface area contributed by atoms with Gasteiger partial charge in [0.2, 0.25) is 10.0 Å². The van der Waals surface area contributed by atoms with Crippen molar-refractivity contribution < 1.29 is 8.42 Å². The number of hydrogen-bond acceptors (Lipinski definition) is 3. The Hall–Kier alpha value is -1.56. The first-order chi connectivity index (χ1) is 9.42. The van der Waals surface area contributed by atoms with Crippen molar-refractivity contribution in [2.24, 2.45) is 0 Å². The standard InChI is InChI=1S/C14H15ClN2O2S/c1-10-13(16)7-4-8-14(10)20(18,19)17-9-11-5-2-3-6-12(11)15/h2-8,17H,9,16H2,1H3. The Morgan fingerprint density at radius 1 is 1.15 bits per heavy atom. The lowest BCUT2D eigenvalue weighted by molar-refractivity contribution is 0.581. The SMILES string of the molecule is Cc1c(N)cccc1S(=O)(=O)NCc1ccccc1Cl. The van der Waals surface area contributed by atoms with Crippen LogP contribution in [0.5, 0.6) is 0 Å². The molecule has 0 spiro atoms. The van der Waals surface area contributed by atoms with E-state index in [1.807, 2.05) is 0 Å². The molecule has 0 heterocycles. The molecule has 2 aromatic carbocycles. The number of nitrogens with one attached hydrogen (secondary N) is 1. The molecule has 3 N–H and O–H groups in total. The maximum atomic E-state index is 12.3. The second kappa shape index (κ2) is 5.83. The van der Waals surface area contributed by atoms with Crippen molar-refractivity contribution in [1.82, 2.24) is 4.72 Å². The molecule has 0 bridgehead atoms. The van der Waals surface area contributed by atoms with Gasteiger partial charge in [0.1, 0.15) is 0 Å². The highest BCUT2D eigenvalue weighted by molar-refractivity contribution is 7.89. The first-order valence-electron chi connectivity index (χ1n) is 6.00. The van der Waals surface area contributed by atoms with E-state index in [9.17, 15) is 8.42 Å². The topological polar surface area (TPSA) is 72.2 Å². The van der Waals surface area contributed by atoms with Gasteiger partial charge in [0, 0.05) is 17.3 Å². The van der Waals surface area contributed by atoms with Gasteiger partial charge in [-0.25, -0.2) is 13.1 Å². The molecular weight excluding hydrogens is 296 g/mol. The smallest absolute Gasteiger partial charge is 0.241 e. The third-order valence-electron chi connectivity index (χ3n) is 3.03. The van der Waals surface area contributed by atoms with Crippen LogP contribution in [0, 0.1) is 6.92 Å². The van der Waals surface area contributed by atoms with Crippen LogP contribution in [-0.2, 0) is 16.6 Å². The van der Waals surface area contributed by atoms with Crippen molar-refractivity contribution in [1.29, 1.82) is 0 Å². The molecule has 0 unspecified atom stereocenters. The fraction of sp³-hybridized carbons (Fsp3) is 0.143. The van der Waals surface area contributed by atoms with E-state index in [-0.39, 0.29) is 11.4 Å². The number of halogens is 1. The van der Waals surface area contributed by atoms with E-state index in [0.717, 1.165) is 5.56 Å². The highest BCUT2D eigenvalue weighted by Crippen LogP contribution is 2.21. The summed E-state index contributed by atoms with van der Waals surface area (Å²) in [7, 11) is -3.62. The molecule has 0 amide bonds. The van der Waals surface area contributed by atoms with Crippen LogP contribution in [0.1, 0.15) is 11.1 Å². The second-order valence-corrected chi connectivity index (χ2v) is 6.53. The highest BCUT2D eigenvalue weighted by Gasteiger charge is 2.17. The minimum Gasteiger partial charge on any atom is -0.398 e. The Balaban J connectivity index is 2.24. The summed E-state index contributed by atoms with van der Waals surface area (Å²) in [6.07, 6.45) is 0. The van der Waals surface area contributed by atoms with Gasteiger partial charge in [-0.05, 0) is 36.2 Å². The van der Waals surface area contributed by atoms with Crippen molar-refractivity contribution in [3.63, 3.8) is 0 Å². The third kappa shape index (κ3) is 3.12. The molecular formula is C14H15ClN2O2S. The van der Waals surface area contributed by atoms with Crippen molar-refractivity contribution in [2.75, 3.05) is 5.73 Å². The summed E-state index contributed by atoms with van der Waals surface area (Å²) in [5, 5.41) is 0.527. The monoisotopic (exact) mass is 310 g/mol. The van der Waals surface area contributed by atoms with Gasteiger partial charge >= 0.3 is 0 Å². The van der Waals surface area contributed by atoms with E-state index in [2.05, 4.69) is 4.72 Å². The molecule has 0 saturated heterocycles. The summed E-state index contributed by atoms with van der Waals surface area (Å²) in [6.45, 7) is 1.82. The Morgan fingerprint density at radius 3 is 2.55 bits per heavy atom. The Morgan fingerprint density at radius 2 is 1.85 bits per heavy atom. The summed E-state index contributed by atoms with van der Waals surface area (Å²) in [4.78, 5) is 0.185. The van der Waals surface area contributed by atoms with Gasteiger partial charge in [-0.15, -0.1) is 0 Å². The molecule has 0 aliphatic heterocycles. The predicted octanol–water partition coefficient (Wildman–Crippen LogP) is 2.71. The van der Waals surface area contributed by atoms with E-state index in [1.165, 1.54) is 6.07 Å². The number of hydrogen-bond donors (Lipinski definition) is 2. The normalized spacial score (nSPS) is 11.5. The van der Waals surface area contributed by atoms with Gasteiger partial charge in [0.15, 0.2) is 0 Å². The molecule has 0 saturated carbocycles. The summed E-state index contributed by atoms with van der Waals surface area (Å²) in [5.41, 5.74) is 7.45. The summed E-state index contributed by atoms with van der Waals surface area (Å²) < 4.78 is 27.1. The number of nitrogen functional groups attached to an aromatic ring is 1. The lowest BCUT2D eigenvalue weighted by Gasteiger charge is -2.11. The third-order valence-corrected chi connectivity index (χ3v) is 4.94. The molecule has 0 fully saturated rings. The number of nitrogens with two attached hydrogens (primary N) is 1. The lowest BCUT2D eigenvalue weighted by Crippen LogP contribution is -2.24. The van der Waals surface area contributed by atoms with Crippen LogP contribution in [0.15, 0.2) is 47.4 Å². The Bertz CT molecular complexity index is 730. The van der Waals surface area contributed by atoms with Crippen LogP contribution in [0.3, 0.4) is 0 Å². The minimum absolute atomic E-state index is 0.135. The average Bonchev–Trinajstić information content (AvgIpc) is 2.41. The van der Waals surface area contributed by atoms with Gasteiger partial charge in [-0.2, -0.15) is 0 Å². The van der Waals surface area contributed by atoms with Crippen molar-refractivity contribution in [3.05, 3.63) is 58.6 Å². The highest BCUT2D eigenvalue weighted by atomic mass is 35.5. The molecule has 0 atom stereocenters. The maximum absolute atomic E-state index is 12.3. The minimum atomic E-state index is -3.62. The van der Waals surface area contributed by atoms with E-state index in [0.29, 0.717) is 16.3 Å². The van der Waals surface area contributed by atoms with Gasteiger partial charge in [0.25, 0.3) is 0 Å². The van der Waals surface area contributed by atoms with Gasteiger partial charge in [-0.1, -0.05) is 35.9 Å². The summed E-state index contributed by atoms with van der Waals surface area (Å²) in [5.74, 6) is 0. The molecule has 0 aliphatic carbocycles. The van der Waals surface area contributed by atoms with Crippen LogP contribution in [0.25, 0.3) is 0 Å². The number of benzene rings is 2. The molecule has 4 nitrogen and oxygen atoms in total. The largest absolute Gasteiger partial charge is 0.398 e. The molecule has 106 valence electrons. The molecule has 0 radical (unpaired) electrons. The molecule has 0 aromatic heterocycles. The van der Waals surface area contributed by atoms with Gasteiger partial charge in [0.05, 0.1) is 4.90 Å². The second-order valence-electron chi connectivity index (χ2n) is 4.39. The van der Waals surface area contributed by atoms with Crippen LogP contribution in [0.4, 0.5) is 5.69 Å². The maximum Gasteiger partial charge on any atom is 0.241 e. The fourth-order valence-electron chi connectivity index (χ4n) is 1.81. The first kappa shape index (κ1) is 14.8. The zero-order valence-electron chi connectivity index (χ0n) is 10.9. The lowest BCUT2D eigenvalue weighted by atomic mass is 10.2. The Kier molecular flexibility index (Phi) is 4.32. The molecule has 2 aromatic rings. The first-order valence-corrected chi connectivity index (χ1v) is 7.86. The van der Waals surface area contributed by atoms with Crippen LogP contribution in [-0.4, -0.2) is 8.42 Å². The Labute approximate surface area is 123 Å². The van der Waals surface area contributed by atoms with Crippen molar-refractivity contribution >= 4 is 27.3 Å². The predicted molar refractivity (Wildman–Crippen MR) is 81.1 cm³/mol. The number of sulfonamides is 1.